The van der Waals surface area contributed by atoms with E-state index in [2.05, 4.69) is 10.0 Å². The Kier molecular flexibility index (Phi) is 6.19. The van der Waals surface area contributed by atoms with Crippen molar-refractivity contribution >= 4 is 33.3 Å². The lowest BCUT2D eigenvalue weighted by atomic mass is 9.85. The van der Waals surface area contributed by atoms with Crippen molar-refractivity contribution < 1.29 is 27.9 Å². The molecule has 0 aliphatic carbocycles. The molecule has 0 aliphatic rings. The number of methoxy groups -OCH3 is 1. The van der Waals surface area contributed by atoms with Crippen molar-refractivity contribution in [3.05, 3.63) is 18.2 Å². The summed E-state index contributed by atoms with van der Waals surface area (Å²) < 4.78 is 30.1. The Hall–Kier alpha value is -2.29. The van der Waals surface area contributed by atoms with Crippen LogP contribution in [0.4, 0.5) is 11.4 Å². The minimum atomic E-state index is -3.51. The molecule has 1 aromatic rings. The Morgan fingerprint density at radius 3 is 2.38 bits per heavy atom. The first-order valence-electron chi connectivity index (χ1n) is 7.09. The van der Waals surface area contributed by atoms with Crippen LogP contribution in [-0.2, 0) is 19.6 Å². The molecule has 24 heavy (non-hydrogen) atoms. The van der Waals surface area contributed by atoms with Crippen molar-refractivity contribution in [3.63, 3.8) is 0 Å². The van der Waals surface area contributed by atoms with E-state index in [-0.39, 0.29) is 24.4 Å². The number of aliphatic carboxylic acids is 1. The first kappa shape index (κ1) is 19.8. The number of benzene rings is 1. The Labute approximate surface area is 141 Å². The number of hydrogen-bond acceptors (Lipinski definition) is 5. The minimum absolute atomic E-state index is 0.0141. The second kappa shape index (κ2) is 7.52. The van der Waals surface area contributed by atoms with E-state index < -0.39 is 21.4 Å². The highest BCUT2D eigenvalue weighted by atomic mass is 32.2. The average Bonchev–Trinajstić information content (AvgIpc) is 2.34. The van der Waals surface area contributed by atoms with E-state index >= 15 is 0 Å². The maximum Gasteiger partial charge on any atom is 0.303 e. The van der Waals surface area contributed by atoms with Gasteiger partial charge in [0, 0.05) is 12.1 Å². The predicted molar refractivity (Wildman–Crippen MR) is 90.7 cm³/mol. The quantitative estimate of drug-likeness (QED) is 0.652. The Morgan fingerprint density at radius 2 is 1.88 bits per heavy atom. The van der Waals surface area contributed by atoms with Crippen LogP contribution in [0.25, 0.3) is 0 Å². The molecule has 0 bridgehead atoms. The maximum atomic E-state index is 12.1. The molecule has 1 aromatic carbocycles. The lowest BCUT2D eigenvalue weighted by molar-refractivity contribution is -0.139. The standard InChI is InChI=1S/C15H22N2O6S/c1-15(2,9-14(19)20)8-13(18)16-10-5-6-12(23-3)11(7-10)17-24(4,21)22/h5-7,17H,8-9H2,1-4H3,(H,16,18)(H,19,20). The Balaban J connectivity index is 2.90. The van der Waals surface area contributed by atoms with Gasteiger partial charge in [-0.25, -0.2) is 8.42 Å². The van der Waals surface area contributed by atoms with E-state index in [1.807, 2.05) is 0 Å². The SMILES string of the molecule is COc1ccc(NC(=O)CC(C)(C)CC(=O)O)cc1NS(C)(=O)=O. The zero-order chi connectivity index (χ0) is 18.5. The summed E-state index contributed by atoms with van der Waals surface area (Å²) >= 11 is 0. The fourth-order valence-corrected chi connectivity index (χ4v) is 2.74. The third-order valence-electron chi connectivity index (χ3n) is 3.05. The minimum Gasteiger partial charge on any atom is -0.495 e. The monoisotopic (exact) mass is 358 g/mol. The van der Waals surface area contributed by atoms with E-state index in [0.29, 0.717) is 11.4 Å². The number of rotatable bonds is 8. The summed E-state index contributed by atoms with van der Waals surface area (Å²) in [6.07, 6.45) is 0.885. The zero-order valence-electron chi connectivity index (χ0n) is 14.0. The normalized spacial score (nSPS) is 11.7. The van der Waals surface area contributed by atoms with Gasteiger partial charge in [0.1, 0.15) is 5.75 Å². The summed E-state index contributed by atoms with van der Waals surface area (Å²) in [5, 5.41) is 11.5. The molecule has 0 unspecified atom stereocenters. The van der Waals surface area contributed by atoms with Crippen molar-refractivity contribution in [2.75, 3.05) is 23.4 Å². The van der Waals surface area contributed by atoms with Gasteiger partial charge in [-0.15, -0.1) is 0 Å². The highest BCUT2D eigenvalue weighted by molar-refractivity contribution is 7.92. The van der Waals surface area contributed by atoms with E-state index in [4.69, 9.17) is 9.84 Å². The van der Waals surface area contributed by atoms with Gasteiger partial charge in [-0.05, 0) is 23.6 Å². The molecule has 9 heteroatoms. The van der Waals surface area contributed by atoms with Crippen molar-refractivity contribution in [2.24, 2.45) is 5.41 Å². The van der Waals surface area contributed by atoms with E-state index in [9.17, 15) is 18.0 Å². The number of hydrogen-bond donors (Lipinski definition) is 3. The van der Waals surface area contributed by atoms with Crippen LogP contribution in [0.2, 0.25) is 0 Å². The molecule has 134 valence electrons. The fraction of sp³-hybridized carbons (Fsp3) is 0.467. The Morgan fingerprint density at radius 1 is 1.25 bits per heavy atom. The molecule has 0 saturated heterocycles. The second-order valence-electron chi connectivity index (χ2n) is 6.25. The molecule has 0 heterocycles. The van der Waals surface area contributed by atoms with Crippen LogP contribution in [0.3, 0.4) is 0 Å². The average molecular weight is 358 g/mol. The van der Waals surface area contributed by atoms with Crippen LogP contribution in [-0.4, -0.2) is 38.8 Å². The van der Waals surface area contributed by atoms with Crippen LogP contribution >= 0.6 is 0 Å². The molecule has 0 spiro atoms. The lowest BCUT2D eigenvalue weighted by Crippen LogP contribution is -2.24. The third-order valence-corrected chi connectivity index (χ3v) is 3.64. The molecule has 1 amide bonds. The topological polar surface area (TPSA) is 122 Å². The maximum absolute atomic E-state index is 12.1. The number of anilines is 2. The van der Waals surface area contributed by atoms with Crippen molar-refractivity contribution in [1.29, 1.82) is 0 Å². The summed E-state index contributed by atoms with van der Waals surface area (Å²) in [6, 6.07) is 4.52. The number of carbonyl (C=O) groups is 2. The molecule has 0 radical (unpaired) electrons. The Bertz CT molecular complexity index is 727. The first-order chi connectivity index (χ1) is 10.9. The molecular weight excluding hydrogens is 336 g/mol. The summed E-state index contributed by atoms with van der Waals surface area (Å²) in [4.78, 5) is 22.9. The molecule has 0 atom stereocenters. The van der Waals surface area contributed by atoms with Gasteiger partial charge in [-0.2, -0.15) is 0 Å². The second-order valence-corrected chi connectivity index (χ2v) is 8.00. The number of carbonyl (C=O) groups excluding carboxylic acids is 1. The van der Waals surface area contributed by atoms with Crippen LogP contribution in [0, 0.1) is 5.41 Å². The van der Waals surface area contributed by atoms with Gasteiger partial charge >= 0.3 is 5.97 Å². The van der Waals surface area contributed by atoms with Crippen LogP contribution in [0.5, 0.6) is 5.75 Å². The summed E-state index contributed by atoms with van der Waals surface area (Å²) in [5.41, 5.74) is -0.128. The van der Waals surface area contributed by atoms with Gasteiger partial charge < -0.3 is 15.2 Å². The molecular formula is C15H22N2O6S. The summed E-state index contributed by atoms with van der Waals surface area (Å²) in [6.45, 7) is 3.37. The zero-order valence-corrected chi connectivity index (χ0v) is 14.9. The highest BCUT2D eigenvalue weighted by Crippen LogP contribution is 2.30. The van der Waals surface area contributed by atoms with Crippen molar-refractivity contribution in [2.45, 2.75) is 26.7 Å². The number of sulfonamides is 1. The smallest absolute Gasteiger partial charge is 0.303 e. The molecule has 0 aromatic heterocycles. The lowest BCUT2D eigenvalue weighted by Gasteiger charge is -2.21. The van der Waals surface area contributed by atoms with Crippen molar-refractivity contribution in [1.82, 2.24) is 0 Å². The van der Waals surface area contributed by atoms with Crippen LogP contribution < -0.4 is 14.8 Å². The van der Waals surface area contributed by atoms with Crippen LogP contribution in [0.15, 0.2) is 18.2 Å². The molecule has 0 aliphatic heterocycles. The molecule has 8 nitrogen and oxygen atoms in total. The number of carboxylic acids is 1. The highest BCUT2D eigenvalue weighted by Gasteiger charge is 2.25. The van der Waals surface area contributed by atoms with Gasteiger partial charge in [0.2, 0.25) is 15.9 Å². The molecule has 1 rings (SSSR count). The van der Waals surface area contributed by atoms with E-state index in [1.165, 1.54) is 19.2 Å². The molecule has 0 saturated carbocycles. The van der Waals surface area contributed by atoms with Gasteiger partial charge in [-0.1, -0.05) is 13.8 Å². The predicted octanol–water partition coefficient (Wildman–Crippen LogP) is 1.90. The van der Waals surface area contributed by atoms with Gasteiger partial charge in [0.05, 0.1) is 25.5 Å². The van der Waals surface area contributed by atoms with Crippen molar-refractivity contribution in [3.8, 4) is 5.75 Å². The van der Waals surface area contributed by atoms with Gasteiger partial charge in [0.25, 0.3) is 0 Å². The third kappa shape index (κ3) is 6.86. The number of nitrogens with one attached hydrogen (secondary N) is 2. The fourth-order valence-electron chi connectivity index (χ4n) is 2.18. The number of ether oxygens (including phenoxy) is 1. The van der Waals surface area contributed by atoms with E-state index in [0.717, 1.165) is 6.26 Å². The molecule has 0 fully saturated rings. The number of amides is 1. The van der Waals surface area contributed by atoms with Gasteiger partial charge in [0.15, 0.2) is 0 Å². The summed E-state index contributed by atoms with van der Waals surface area (Å²) in [5.74, 6) is -1.03. The van der Waals surface area contributed by atoms with Crippen LogP contribution in [0.1, 0.15) is 26.7 Å². The largest absolute Gasteiger partial charge is 0.495 e. The molecule has 3 N–H and O–H groups in total. The number of carboxylic acid groups (broad SMARTS) is 1. The van der Waals surface area contributed by atoms with Gasteiger partial charge in [-0.3, -0.25) is 14.3 Å². The van der Waals surface area contributed by atoms with E-state index in [1.54, 1.807) is 19.9 Å². The first-order valence-corrected chi connectivity index (χ1v) is 8.98. The summed E-state index contributed by atoms with van der Waals surface area (Å²) in [7, 11) is -2.11.